The average Bonchev–Trinajstić information content (AvgIpc) is 3.16. The maximum Gasteiger partial charge on any atom is 0.243 e. The van der Waals surface area contributed by atoms with Crippen molar-refractivity contribution >= 4 is 27.7 Å². The molecule has 1 aromatic carbocycles. The number of nitrogens with zero attached hydrogens (tertiary/aromatic N) is 2. The Hall–Kier alpha value is -1.09. The number of hydrogen-bond acceptors (Lipinski definition) is 5. The molecule has 3 rings (SSSR count). The lowest BCUT2D eigenvalue weighted by molar-refractivity contribution is -0.132. The number of hydrogen-bond donors (Lipinski definition) is 0. The Labute approximate surface area is 147 Å². The van der Waals surface area contributed by atoms with Crippen molar-refractivity contribution in [3.8, 4) is 0 Å². The summed E-state index contributed by atoms with van der Waals surface area (Å²) in [6.07, 6.45) is 1.85. The van der Waals surface area contributed by atoms with Gasteiger partial charge in [0.25, 0.3) is 0 Å². The Morgan fingerprint density at radius 1 is 1.04 bits per heavy atom. The van der Waals surface area contributed by atoms with Gasteiger partial charge in [0.2, 0.25) is 15.9 Å². The normalized spacial score (nSPS) is 19.6. The fourth-order valence-corrected chi connectivity index (χ4v) is 5.15. The molecular formula is C16H22N2O4S2. The van der Waals surface area contributed by atoms with E-state index in [0.29, 0.717) is 50.0 Å². The fourth-order valence-electron chi connectivity index (χ4n) is 2.83. The van der Waals surface area contributed by atoms with Gasteiger partial charge in [-0.1, -0.05) is 0 Å². The van der Waals surface area contributed by atoms with Crippen molar-refractivity contribution in [3.63, 3.8) is 0 Å². The summed E-state index contributed by atoms with van der Waals surface area (Å²) in [5, 5.41) is 0. The van der Waals surface area contributed by atoms with Crippen LogP contribution >= 0.6 is 11.8 Å². The van der Waals surface area contributed by atoms with Gasteiger partial charge < -0.3 is 9.64 Å². The molecule has 1 amide bonds. The van der Waals surface area contributed by atoms with Crippen LogP contribution in [0.5, 0.6) is 0 Å². The first-order chi connectivity index (χ1) is 11.6. The molecule has 2 heterocycles. The van der Waals surface area contributed by atoms with E-state index in [1.807, 2.05) is 4.90 Å². The van der Waals surface area contributed by atoms with Crippen LogP contribution in [-0.4, -0.2) is 68.7 Å². The quantitative estimate of drug-likeness (QED) is 0.734. The van der Waals surface area contributed by atoms with E-state index in [9.17, 15) is 13.2 Å². The van der Waals surface area contributed by atoms with Gasteiger partial charge in [-0.2, -0.15) is 4.31 Å². The average molecular weight is 370 g/mol. The van der Waals surface area contributed by atoms with Crippen molar-refractivity contribution in [2.75, 3.05) is 45.1 Å². The van der Waals surface area contributed by atoms with Gasteiger partial charge in [0.1, 0.15) is 0 Å². The molecule has 0 bridgehead atoms. The summed E-state index contributed by atoms with van der Waals surface area (Å²) in [7, 11) is -3.37. The topological polar surface area (TPSA) is 66.9 Å². The molecule has 0 aliphatic carbocycles. The van der Waals surface area contributed by atoms with Crippen LogP contribution in [0.3, 0.4) is 0 Å². The standard InChI is InChI=1S/C16H22N2O4S2/c19-16(17-9-11-22-12-10-17)13-23-14-3-5-15(6-4-14)24(20,21)18-7-1-2-8-18/h3-6H,1-2,7-13H2. The van der Waals surface area contributed by atoms with Gasteiger partial charge in [0.15, 0.2) is 0 Å². The van der Waals surface area contributed by atoms with E-state index >= 15 is 0 Å². The third-order valence-corrected chi connectivity index (χ3v) is 7.16. The van der Waals surface area contributed by atoms with Gasteiger partial charge in [-0.05, 0) is 37.1 Å². The predicted octanol–water partition coefficient (Wildman–Crippen LogP) is 1.42. The second-order valence-corrected chi connectivity index (χ2v) is 8.85. The number of thioether (sulfide) groups is 1. The molecular weight excluding hydrogens is 348 g/mol. The zero-order valence-electron chi connectivity index (χ0n) is 13.5. The lowest BCUT2D eigenvalue weighted by atomic mass is 10.4. The smallest absolute Gasteiger partial charge is 0.243 e. The molecule has 1 aromatic rings. The van der Waals surface area contributed by atoms with E-state index in [0.717, 1.165) is 17.7 Å². The number of ether oxygens (including phenoxy) is 1. The van der Waals surface area contributed by atoms with Crippen molar-refractivity contribution in [1.29, 1.82) is 0 Å². The maximum atomic E-state index is 12.5. The van der Waals surface area contributed by atoms with E-state index in [4.69, 9.17) is 4.74 Å². The van der Waals surface area contributed by atoms with Crippen molar-refractivity contribution in [2.45, 2.75) is 22.6 Å². The Morgan fingerprint density at radius 3 is 2.29 bits per heavy atom. The van der Waals surface area contributed by atoms with Crippen LogP contribution in [0, 0.1) is 0 Å². The van der Waals surface area contributed by atoms with Crippen LogP contribution in [0.2, 0.25) is 0 Å². The van der Waals surface area contributed by atoms with Crippen LogP contribution in [0.4, 0.5) is 0 Å². The zero-order valence-corrected chi connectivity index (χ0v) is 15.2. The molecule has 0 N–H and O–H groups in total. The van der Waals surface area contributed by atoms with Crippen molar-refractivity contribution < 1.29 is 17.9 Å². The SMILES string of the molecule is O=C(CSc1ccc(S(=O)(=O)N2CCCC2)cc1)N1CCOCC1. The Kier molecular flexibility index (Phi) is 5.80. The number of sulfonamides is 1. The molecule has 0 spiro atoms. The first-order valence-electron chi connectivity index (χ1n) is 8.16. The largest absolute Gasteiger partial charge is 0.378 e. The van der Waals surface area contributed by atoms with E-state index < -0.39 is 10.0 Å². The second-order valence-electron chi connectivity index (χ2n) is 5.86. The van der Waals surface area contributed by atoms with E-state index in [-0.39, 0.29) is 5.91 Å². The molecule has 132 valence electrons. The first kappa shape index (κ1) is 17.7. The number of carbonyl (C=O) groups is 1. The highest BCUT2D eigenvalue weighted by atomic mass is 32.2. The van der Waals surface area contributed by atoms with Gasteiger partial charge >= 0.3 is 0 Å². The summed E-state index contributed by atoms with van der Waals surface area (Å²) in [6, 6.07) is 6.82. The number of amides is 1. The van der Waals surface area contributed by atoms with Crippen LogP contribution in [-0.2, 0) is 19.6 Å². The third-order valence-electron chi connectivity index (χ3n) is 4.25. The predicted molar refractivity (Wildman–Crippen MR) is 92.6 cm³/mol. The molecule has 8 heteroatoms. The number of carbonyl (C=O) groups excluding carboxylic acids is 1. The van der Waals surface area contributed by atoms with Crippen LogP contribution < -0.4 is 0 Å². The Bertz CT molecular complexity index is 664. The summed E-state index contributed by atoms with van der Waals surface area (Å²) in [5.74, 6) is 0.454. The van der Waals surface area contributed by atoms with Gasteiger partial charge in [-0.25, -0.2) is 8.42 Å². The summed E-state index contributed by atoms with van der Waals surface area (Å²) >= 11 is 1.43. The van der Waals surface area contributed by atoms with Gasteiger partial charge in [0, 0.05) is 31.1 Å². The minimum absolute atomic E-state index is 0.0945. The molecule has 2 fully saturated rings. The second kappa shape index (κ2) is 7.86. The lowest BCUT2D eigenvalue weighted by Gasteiger charge is -2.26. The van der Waals surface area contributed by atoms with Crippen LogP contribution in [0.1, 0.15) is 12.8 Å². The van der Waals surface area contributed by atoms with Gasteiger partial charge in [0.05, 0.1) is 23.9 Å². The fraction of sp³-hybridized carbons (Fsp3) is 0.562. The molecule has 6 nitrogen and oxygen atoms in total. The van der Waals surface area contributed by atoms with E-state index in [2.05, 4.69) is 0 Å². The monoisotopic (exact) mass is 370 g/mol. The highest BCUT2D eigenvalue weighted by molar-refractivity contribution is 8.00. The number of rotatable bonds is 5. The summed E-state index contributed by atoms with van der Waals surface area (Å²) in [4.78, 5) is 15.2. The molecule has 2 aliphatic heterocycles. The number of morpholine rings is 1. The molecule has 24 heavy (non-hydrogen) atoms. The Morgan fingerprint density at radius 2 is 1.67 bits per heavy atom. The Balaban J connectivity index is 1.57. The molecule has 2 aliphatic rings. The summed E-state index contributed by atoms with van der Waals surface area (Å²) in [6.45, 7) is 3.69. The van der Waals surface area contributed by atoms with Crippen molar-refractivity contribution in [2.24, 2.45) is 0 Å². The highest BCUT2D eigenvalue weighted by Gasteiger charge is 2.27. The minimum atomic E-state index is -3.37. The van der Waals surface area contributed by atoms with Crippen LogP contribution in [0.15, 0.2) is 34.1 Å². The molecule has 0 unspecified atom stereocenters. The molecule has 0 atom stereocenters. The molecule has 2 saturated heterocycles. The highest BCUT2D eigenvalue weighted by Crippen LogP contribution is 2.24. The van der Waals surface area contributed by atoms with E-state index in [1.165, 1.54) is 16.1 Å². The van der Waals surface area contributed by atoms with Crippen molar-refractivity contribution in [1.82, 2.24) is 9.21 Å². The summed E-state index contributed by atoms with van der Waals surface area (Å²) in [5.41, 5.74) is 0. The lowest BCUT2D eigenvalue weighted by Crippen LogP contribution is -2.41. The molecule has 0 radical (unpaired) electrons. The maximum absolute atomic E-state index is 12.5. The van der Waals surface area contributed by atoms with Gasteiger partial charge in [-0.15, -0.1) is 11.8 Å². The number of benzene rings is 1. The molecule has 0 saturated carbocycles. The van der Waals surface area contributed by atoms with Crippen LogP contribution in [0.25, 0.3) is 0 Å². The molecule has 0 aromatic heterocycles. The first-order valence-corrected chi connectivity index (χ1v) is 10.6. The minimum Gasteiger partial charge on any atom is -0.378 e. The summed E-state index contributed by atoms with van der Waals surface area (Å²) < 4.78 is 31.7. The van der Waals surface area contributed by atoms with Gasteiger partial charge in [-0.3, -0.25) is 4.79 Å². The zero-order chi connectivity index (χ0) is 17.0. The van der Waals surface area contributed by atoms with Crippen molar-refractivity contribution in [3.05, 3.63) is 24.3 Å². The van der Waals surface area contributed by atoms with E-state index in [1.54, 1.807) is 24.3 Å². The third kappa shape index (κ3) is 4.11.